The smallest absolute Gasteiger partial charge is 0.229 e. The number of likely N-dealkylation sites (tertiary alicyclic amines) is 1. The highest BCUT2D eigenvalue weighted by atomic mass is 16.3. The molecule has 7 rings (SSSR count). The Hall–Kier alpha value is -0.830. The largest absolute Gasteiger partial charge is 0.393 e. The highest BCUT2D eigenvalue weighted by Gasteiger charge is 2.74. The van der Waals surface area contributed by atoms with Crippen LogP contribution in [0.2, 0.25) is 0 Å². The van der Waals surface area contributed by atoms with E-state index in [1.807, 2.05) is 0 Å². The predicted octanol–water partition coefficient (Wildman–Crippen LogP) is 8.16. The summed E-state index contributed by atoms with van der Waals surface area (Å²) in [7, 11) is 0. The van der Waals surface area contributed by atoms with Crippen LogP contribution in [0.15, 0.2) is 12.2 Å². The number of aliphatic hydroxyl groups excluding tert-OH is 1. The van der Waals surface area contributed by atoms with Crippen molar-refractivity contribution in [2.24, 2.45) is 56.7 Å². The monoisotopic (exact) mass is 535 g/mol. The molecule has 0 aromatic carbocycles. The SMILES string of the molecule is C=C(C)C1CC[C@]2(C(=O)N3CCCCC3)CC[C@]3(C)[C@H](CC[C@H]4[C@@H]3CCC[C@@]35CCC3(C)[C@@H](O)CC[C@]45C)[C@@H]12. The maximum Gasteiger partial charge on any atom is 0.229 e. The summed E-state index contributed by atoms with van der Waals surface area (Å²) in [6, 6.07) is 0. The lowest BCUT2D eigenvalue weighted by Crippen LogP contribution is -2.69. The standard InChI is InChI=1S/C36H57NO2/c1-24(2)25-13-17-35(31(39)37-22-7-6-8-23-37)20-18-32(3)26-10-9-15-36-21-19-34(36,5)29(38)14-16-33(36,4)27(26)11-12-28(32)30(25)35/h25-30,38H,1,6-23H2,2-5H3/t25?,26-,27-,28+,29-,30+,32-,33+,34?,35-,36-/m0/s1. The van der Waals surface area contributed by atoms with Crippen LogP contribution in [-0.2, 0) is 4.79 Å². The Balaban J connectivity index is 1.26. The minimum absolute atomic E-state index is 0.103. The quantitative estimate of drug-likeness (QED) is 0.362. The van der Waals surface area contributed by atoms with Crippen molar-refractivity contribution in [3.63, 3.8) is 0 Å². The molecule has 1 spiro atoms. The van der Waals surface area contributed by atoms with Crippen LogP contribution in [0, 0.1) is 56.7 Å². The molecule has 6 aliphatic carbocycles. The van der Waals surface area contributed by atoms with Crippen LogP contribution in [-0.4, -0.2) is 35.1 Å². The highest BCUT2D eigenvalue weighted by Crippen LogP contribution is 2.80. The molecule has 7 aliphatic rings. The lowest BCUT2D eigenvalue weighted by atomic mass is 9.31. The first kappa shape index (κ1) is 27.0. The summed E-state index contributed by atoms with van der Waals surface area (Å²) in [6.45, 7) is 16.7. The van der Waals surface area contributed by atoms with E-state index >= 15 is 0 Å². The zero-order chi connectivity index (χ0) is 27.4. The molecule has 7 fully saturated rings. The molecule has 0 aromatic heterocycles. The number of allylic oxidation sites excluding steroid dienone is 1. The second-order valence-corrected chi connectivity index (χ2v) is 16.8. The number of amides is 1. The number of aliphatic hydroxyl groups is 1. The highest BCUT2D eigenvalue weighted by molar-refractivity contribution is 5.84. The van der Waals surface area contributed by atoms with E-state index in [1.54, 1.807) is 0 Å². The average molecular weight is 536 g/mol. The van der Waals surface area contributed by atoms with Crippen molar-refractivity contribution >= 4 is 5.91 Å². The van der Waals surface area contributed by atoms with E-state index in [2.05, 4.69) is 39.2 Å². The maximum atomic E-state index is 14.5. The molecular weight excluding hydrogens is 478 g/mol. The molecule has 3 nitrogen and oxygen atoms in total. The minimum Gasteiger partial charge on any atom is -0.393 e. The van der Waals surface area contributed by atoms with Crippen molar-refractivity contribution in [3.05, 3.63) is 12.2 Å². The van der Waals surface area contributed by atoms with E-state index < -0.39 is 0 Å². The summed E-state index contributed by atoms with van der Waals surface area (Å²) < 4.78 is 0. The molecule has 218 valence electrons. The summed E-state index contributed by atoms with van der Waals surface area (Å²) in [6.07, 6.45) is 19.7. The van der Waals surface area contributed by atoms with Gasteiger partial charge in [-0.3, -0.25) is 4.79 Å². The number of hydrogen-bond donors (Lipinski definition) is 1. The summed E-state index contributed by atoms with van der Waals surface area (Å²) in [4.78, 5) is 16.8. The van der Waals surface area contributed by atoms with Gasteiger partial charge in [-0.25, -0.2) is 0 Å². The molecule has 11 atom stereocenters. The van der Waals surface area contributed by atoms with Gasteiger partial charge in [0.1, 0.15) is 0 Å². The van der Waals surface area contributed by atoms with Gasteiger partial charge in [0.15, 0.2) is 0 Å². The van der Waals surface area contributed by atoms with Gasteiger partial charge in [-0.05, 0) is 154 Å². The van der Waals surface area contributed by atoms with Crippen LogP contribution in [0.25, 0.3) is 0 Å². The molecule has 39 heavy (non-hydrogen) atoms. The second-order valence-electron chi connectivity index (χ2n) is 16.8. The zero-order valence-electron chi connectivity index (χ0n) is 25.7. The van der Waals surface area contributed by atoms with Crippen LogP contribution in [0.4, 0.5) is 0 Å². The number of carbonyl (C=O) groups excluding carboxylic acids is 1. The first-order valence-electron chi connectivity index (χ1n) is 17.2. The number of carbonyl (C=O) groups is 1. The third-order valence-corrected chi connectivity index (χ3v) is 16.1. The Morgan fingerprint density at radius 1 is 0.744 bits per heavy atom. The van der Waals surface area contributed by atoms with Gasteiger partial charge in [0, 0.05) is 13.1 Å². The maximum absolute atomic E-state index is 14.5. The number of piperidine rings is 1. The van der Waals surface area contributed by atoms with Gasteiger partial charge in [-0.2, -0.15) is 0 Å². The molecule has 1 heterocycles. The van der Waals surface area contributed by atoms with E-state index in [4.69, 9.17) is 0 Å². The van der Waals surface area contributed by atoms with Gasteiger partial charge in [0.2, 0.25) is 5.91 Å². The predicted molar refractivity (Wildman–Crippen MR) is 158 cm³/mol. The molecule has 0 bridgehead atoms. The topological polar surface area (TPSA) is 40.5 Å². The molecule has 0 aromatic rings. The summed E-state index contributed by atoms with van der Waals surface area (Å²) >= 11 is 0. The van der Waals surface area contributed by atoms with Crippen molar-refractivity contribution < 1.29 is 9.90 Å². The normalized spacial score (nSPS) is 54.6. The van der Waals surface area contributed by atoms with Gasteiger partial charge >= 0.3 is 0 Å². The molecular formula is C36H57NO2. The molecule has 1 N–H and O–H groups in total. The zero-order valence-corrected chi connectivity index (χ0v) is 25.7. The van der Waals surface area contributed by atoms with Crippen LogP contribution >= 0.6 is 0 Å². The molecule has 6 saturated carbocycles. The first-order valence-corrected chi connectivity index (χ1v) is 17.2. The van der Waals surface area contributed by atoms with E-state index in [1.165, 1.54) is 89.0 Å². The fourth-order valence-electron chi connectivity index (χ4n) is 13.9. The minimum atomic E-state index is -0.130. The number of rotatable bonds is 2. The molecule has 2 unspecified atom stereocenters. The van der Waals surface area contributed by atoms with Crippen molar-refractivity contribution in [2.45, 2.75) is 137 Å². The van der Waals surface area contributed by atoms with Crippen LogP contribution < -0.4 is 0 Å². The van der Waals surface area contributed by atoms with Crippen LogP contribution in [0.3, 0.4) is 0 Å². The van der Waals surface area contributed by atoms with Crippen molar-refractivity contribution in [1.29, 1.82) is 0 Å². The van der Waals surface area contributed by atoms with E-state index in [0.717, 1.165) is 44.2 Å². The van der Waals surface area contributed by atoms with Gasteiger partial charge in [0.05, 0.1) is 11.5 Å². The molecule has 3 heteroatoms. The third-order valence-electron chi connectivity index (χ3n) is 16.1. The molecule has 1 aliphatic heterocycles. The van der Waals surface area contributed by atoms with Crippen molar-refractivity contribution in [1.82, 2.24) is 4.90 Å². The summed E-state index contributed by atoms with van der Waals surface area (Å²) in [5.74, 6) is 3.77. The van der Waals surface area contributed by atoms with Crippen LogP contribution in [0.5, 0.6) is 0 Å². The van der Waals surface area contributed by atoms with Gasteiger partial charge in [0.25, 0.3) is 0 Å². The van der Waals surface area contributed by atoms with Gasteiger partial charge in [-0.1, -0.05) is 39.3 Å². The number of fused-ring (bicyclic) bond motifs is 6. The van der Waals surface area contributed by atoms with E-state index in [9.17, 15) is 9.90 Å². The Morgan fingerprint density at radius 3 is 2.18 bits per heavy atom. The van der Waals surface area contributed by atoms with Gasteiger partial charge < -0.3 is 10.0 Å². The molecule has 1 amide bonds. The Bertz CT molecular complexity index is 1030. The first-order chi connectivity index (χ1) is 18.5. The van der Waals surface area contributed by atoms with Crippen molar-refractivity contribution in [2.75, 3.05) is 13.1 Å². The fraction of sp³-hybridized carbons (Fsp3) is 0.917. The fourth-order valence-corrected chi connectivity index (χ4v) is 13.9. The summed E-state index contributed by atoms with van der Waals surface area (Å²) in [5.41, 5.74) is 2.38. The Kier molecular flexibility index (Phi) is 6.13. The lowest BCUT2D eigenvalue weighted by molar-refractivity contribution is -0.272. The van der Waals surface area contributed by atoms with E-state index in [-0.39, 0.29) is 16.9 Å². The van der Waals surface area contributed by atoms with Crippen LogP contribution in [0.1, 0.15) is 130 Å². The van der Waals surface area contributed by atoms with Gasteiger partial charge in [-0.15, -0.1) is 0 Å². The Morgan fingerprint density at radius 2 is 1.49 bits per heavy atom. The third kappa shape index (κ3) is 3.24. The average Bonchev–Trinajstić information content (AvgIpc) is 3.26. The Labute approximate surface area is 238 Å². The molecule has 1 saturated heterocycles. The second kappa shape index (κ2) is 8.84. The number of hydrogen-bond acceptors (Lipinski definition) is 2. The van der Waals surface area contributed by atoms with Crippen molar-refractivity contribution in [3.8, 4) is 0 Å². The van der Waals surface area contributed by atoms with E-state index in [0.29, 0.717) is 39.9 Å². The lowest BCUT2D eigenvalue weighted by Gasteiger charge is -2.73. The number of nitrogens with zero attached hydrogens (tertiary/aromatic N) is 1. The summed E-state index contributed by atoms with van der Waals surface area (Å²) in [5, 5.41) is 11.3. The molecule has 0 radical (unpaired) electrons.